The third-order valence-corrected chi connectivity index (χ3v) is 8.27. The quantitative estimate of drug-likeness (QED) is 0.361. The highest BCUT2D eigenvalue weighted by atomic mass is 19.1. The largest absolute Gasteiger partial charge is 0.480 e. The first-order valence-electron chi connectivity index (χ1n) is 14.3. The predicted molar refractivity (Wildman–Crippen MR) is 158 cm³/mol. The minimum atomic E-state index is -1.67. The number of carboxylic acids is 1. The van der Waals surface area contributed by atoms with Crippen molar-refractivity contribution >= 4 is 29.5 Å². The molecule has 0 radical (unpaired) electrons. The molecule has 0 saturated carbocycles. The summed E-state index contributed by atoms with van der Waals surface area (Å²) in [4.78, 5) is 57.1. The summed E-state index contributed by atoms with van der Waals surface area (Å²) in [7, 11) is 0. The van der Waals surface area contributed by atoms with Crippen molar-refractivity contribution < 1.29 is 33.1 Å². The molecule has 0 aliphatic carbocycles. The molecule has 2 saturated heterocycles. The van der Waals surface area contributed by atoms with Gasteiger partial charge < -0.3 is 30.4 Å². The van der Waals surface area contributed by atoms with Crippen LogP contribution in [0, 0.1) is 11.6 Å². The maximum Gasteiger partial charge on any atom is 0.328 e. The van der Waals surface area contributed by atoms with Crippen LogP contribution in [0.3, 0.4) is 0 Å². The third-order valence-electron chi connectivity index (χ3n) is 8.27. The molecule has 2 fully saturated rings. The minimum Gasteiger partial charge on any atom is -0.480 e. The van der Waals surface area contributed by atoms with E-state index in [1.54, 1.807) is 0 Å². The van der Waals surface area contributed by atoms with E-state index in [0.717, 1.165) is 29.4 Å². The van der Waals surface area contributed by atoms with Crippen LogP contribution in [0.5, 0.6) is 0 Å². The molecule has 44 heavy (non-hydrogen) atoms. The van der Waals surface area contributed by atoms with Crippen molar-refractivity contribution in [3.8, 4) is 0 Å². The van der Waals surface area contributed by atoms with Gasteiger partial charge >= 0.3 is 12.0 Å². The van der Waals surface area contributed by atoms with Crippen LogP contribution in [0.15, 0.2) is 78.9 Å². The Kier molecular flexibility index (Phi) is 8.79. The number of rotatable bonds is 8. The second-order valence-electron chi connectivity index (χ2n) is 11.0. The molecule has 0 bridgehead atoms. The fourth-order valence-electron chi connectivity index (χ4n) is 5.90. The Morgan fingerprint density at radius 1 is 0.886 bits per heavy atom. The molecule has 1 spiro atoms. The zero-order valence-corrected chi connectivity index (χ0v) is 24.1. The second kappa shape index (κ2) is 12.7. The molecule has 2 unspecified atom stereocenters. The number of piperidine rings is 1. The lowest BCUT2D eigenvalue weighted by molar-refractivity contribution is -0.140. The second-order valence-corrected chi connectivity index (χ2v) is 11.0. The zero-order valence-electron chi connectivity index (χ0n) is 24.1. The molecule has 2 aliphatic heterocycles. The number of benzene rings is 3. The number of halogens is 2. The fourth-order valence-corrected chi connectivity index (χ4v) is 5.90. The highest BCUT2D eigenvalue weighted by Crippen LogP contribution is 2.40. The van der Waals surface area contributed by atoms with Crippen LogP contribution in [-0.2, 0) is 16.1 Å². The van der Waals surface area contributed by atoms with Crippen molar-refractivity contribution in [1.29, 1.82) is 0 Å². The zero-order chi connectivity index (χ0) is 31.4. The standard InChI is InChI=1S/C32H33F2N5O5/c1-21(27(29(41)42)36-28(40)26-24(33)13-8-14-25(26)34)35-31(44)37-17-15-32(16-18-37)30(43)38(19-22-9-4-2-5-10-22)20-39(32)23-11-6-3-7-12-23/h2-14,21,27H,15-20H2,1H3,(H,35,44)(H,36,40)(H,41,42). The van der Waals surface area contributed by atoms with Gasteiger partial charge in [-0.1, -0.05) is 54.6 Å². The highest BCUT2D eigenvalue weighted by Gasteiger charge is 2.54. The van der Waals surface area contributed by atoms with E-state index in [4.69, 9.17) is 0 Å². The summed E-state index contributed by atoms with van der Waals surface area (Å²) >= 11 is 0. The van der Waals surface area contributed by atoms with Gasteiger partial charge in [-0.3, -0.25) is 9.59 Å². The van der Waals surface area contributed by atoms with E-state index in [2.05, 4.69) is 15.5 Å². The van der Waals surface area contributed by atoms with E-state index in [0.29, 0.717) is 26.1 Å². The fraction of sp³-hybridized carbons (Fsp3) is 0.312. The normalized spacial score (nSPS) is 17.3. The molecule has 4 amide bonds. The van der Waals surface area contributed by atoms with Crippen molar-refractivity contribution in [2.75, 3.05) is 24.7 Å². The Morgan fingerprint density at radius 2 is 1.48 bits per heavy atom. The topological polar surface area (TPSA) is 122 Å². The smallest absolute Gasteiger partial charge is 0.328 e. The number of carboxylic acid groups (broad SMARTS) is 1. The first-order valence-corrected chi connectivity index (χ1v) is 14.3. The maximum absolute atomic E-state index is 14.1. The predicted octanol–water partition coefficient (Wildman–Crippen LogP) is 3.59. The number of para-hydroxylation sites is 1. The Morgan fingerprint density at radius 3 is 2.07 bits per heavy atom. The Labute approximate surface area is 253 Å². The molecule has 10 nitrogen and oxygen atoms in total. The SMILES string of the molecule is CC(NC(=O)N1CCC2(CC1)C(=O)N(Cc1ccccc1)CN2c1ccccc1)C(NC(=O)c1c(F)cccc1F)C(=O)O. The van der Waals surface area contributed by atoms with Gasteiger partial charge in [0, 0.05) is 25.3 Å². The Balaban J connectivity index is 1.26. The molecule has 2 heterocycles. The average molecular weight is 606 g/mol. The van der Waals surface area contributed by atoms with Gasteiger partial charge in [-0.05, 0) is 49.6 Å². The van der Waals surface area contributed by atoms with E-state index in [1.165, 1.54) is 11.8 Å². The lowest BCUT2D eigenvalue weighted by atomic mass is 9.85. The number of urea groups is 1. The molecule has 230 valence electrons. The Bertz CT molecular complexity index is 1510. The highest BCUT2D eigenvalue weighted by molar-refractivity contribution is 5.97. The maximum atomic E-state index is 14.1. The first-order chi connectivity index (χ1) is 21.1. The van der Waals surface area contributed by atoms with Crippen LogP contribution in [-0.4, -0.2) is 76.1 Å². The average Bonchev–Trinajstić information content (AvgIpc) is 3.27. The van der Waals surface area contributed by atoms with Crippen molar-refractivity contribution in [1.82, 2.24) is 20.4 Å². The number of nitrogens with zero attached hydrogens (tertiary/aromatic N) is 3. The number of anilines is 1. The molecule has 12 heteroatoms. The molecule has 3 aromatic carbocycles. The lowest BCUT2D eigenvalue weighted by Gasteiger charge is -2.43. The monoisotopic (exact) mass is 605 g/mol. The van der Waals surface area contributed by atoms with Gasteiger partial charge in [-0.25, -0.2) is 18.4 Å². The molecule has 3 N–H and O–H groups in total. The molecule has 0 aromatic heterocycles. The summed E-state index contributed by atoms with van der Waals surface area (Å²) in [5, 5.41) is 14.4. The van der Waals surface area contributed by atoms with Gasteiger partial charge in [0.1, 0.15) is 28.8 Å². The molecular weight excluding hydrogens is 572 g/mol. The summed E-state index contributed by atoms with van der Waals surface area (Å²) in [5.74, 6) is -5.05. The van der Waals surface area contributed by atoms with Gasteiger partial charge in [0.05, 0.1) is 12.7 Å². The van der Waals surface area contributed by atoms with Crippen LogP contribution in [0.1, 0.15) is 35.7 Å². The van der Waals surface area contributed by atoms with Gasteiger partial charge in [0.15, 0.2) is 0 Å². The summed E-state index contributed by atoms with van der Waals surface area (Å²) in [6, 6.07) is 18.8. The summed E-state index contributed by atoms with van der Waals surface area (Å²) in [6.45, 7) is 2.66. The summed E-state index contributed by atoms with van der Waals surface area (Å²) in [6.07, 6.45) is 0.693. The van der Waals surface area contributed by atoms with Gasteiger partial charge in [0.2, 0.25) is 5.91 Å². The van der Waals surface area contributed by atoms with Gasteiger partial charge in [-0.15, -0.1) is 0 Å². The van der Waals surface area contributed by atoms with E-state index in [9.17, 15) is 33.1 Å². The third kappa shape index (κ3) is 6.05. The first kappa shape index (κ1) is 30.5. The van der Waals surface area contributed by atoms with Crippen LogP contribution in [0.4, 0.5) is 19.3 Å². The van der Waals surface area contributed by atoms with E-state index >= 15 is 0 Å². The van der Waals surface area contributed by atoms with E-state index in [-0.39, 0.29) is 19.0 Å². The number of hydrogen-bond donors (Lipinski definition) is 3. The number of carbonyl (C=O) groups excluding carboxylic acids is 3. The van der Waals surface area contributed by atoms with E-state index in [1.807, 2.05) is 65.6 Å². The number of likely N-dealkylation sites (tertiary alicyclic amines) is 1. The van der Waals surface area contributed by atoms with Crippen molar-refractivity contribution in [3.05, 3.63) is 102 Å². The van der Waals surface area contributed by atoms with Gasteiger partial charge in [0.25, 0.3) is 5.91 Å². The number of hydrogen-bond acceptors (Lipinski definition) is 5. The Hall–Kier alpha value is -5.00. The molecule has 2 atom stereocenters. The number of amides is 4. The van der Waals surface area contributed by atoms with Crippen LogP contribution in [0.2, 0.25) is 0 Å². The lowest BCUT2D eigenvalue weighted by Crippen LogP contribution is -2.61. The minimum absolute atomic E-state index is 0.0207. The molecule has 5 rings (SSSR count). The van der Waals surface area contributed by atoms with Crippen LogP contribution < -0.4 is 15.5 Å². The number of carbonyl (C=O) groups is 4. The van der Waals surface area contributed by atoms with Crippen molar-refractivity contribution in [2.45, 2.75) is 43.9 Å². The molecular formula is C32H33F2N5O5. The number of aliphatic carboxylic acids is 1. The summed E-state index contributed by atoms with van der Waals surface area (Å²) < 4.78 is 28.1. The van der Waals surface area contributed by atoms with E-state index < -0.39 is 52.7 Å². The molecule has 3 aromatic rings. The van der Waals surface area contributed by atoms with Crippen LogP contribution in [0.25, 0.3) is 0 Å². The van der Waals surface area contributed by atoms with Crippen molar-refractivity contribution in [2.24, 2.45) is 0 Å². The number of nitrogens with one attached hydrogen (secondary N) is 2. The summed E-state index contributed by atoms with van der Waals surface area (Å²) in [5.41, 5.74) is 0.132. The van der Waals surface area contributed by atoms with Gasteiger partial charge in [-0.2, -0.15) is 0 Å². The molecule has 2 aliphatic rings. The van der Waals surface area contributed by atoms with Crippen molar-refractivity contribution in [3.63, 3.8) is 0 Å². The van der Waals surface area contributed by atoms with Crippen LogP contribution >= 0.6 is 0 Å².